The molecule has 1 fully saturated rings. The van der Waals surface area contributed by atoms with Crippen LogP contribution in [0.4, 0.5) is 0 Å². The van der Waals surface area contributed by atoms with Crippen molar-refractivity contribution in [3.8, 4) is 0 Å². The zero-order chi connectivity index (χ0) is 9.97. The Morgan fingerprint density at radius 3 is 2.93 bits per heavy atom. The summed E-state index contributed by atoms with van der Waals surface area (Å²) in [5, 5.41) is 3.30. The molecule has 0 radical (unpaired) electrons. The lowest BCUT2D eigenvalue weighted by atomic mass is 9.99. The Labute approximate surface area is 85.5 Å². The Kier molecular flexibility index (Phi) is 2.87. The van der Waals surface area contributed by atoms with Gasteiger partial charge in [0.1, 0.15) is 5.82 Å². The molecule has 1 saturated heterocycles. The lowest BCUT2D eigenvalue weighted by molar-refractivity contribution is 0.310. The molecule has 0 bridgehead atoms. The van der Waals surface area contributed by atoms with Gasteiger partial charge in [-0.15, -0.1) is 0 Å². The molecule has 0 aromatic carbocycles. The van der Waals surface area contributed by atoms with Crippen molar-refractivity contribution in [3.05, 3.63) is 18.2 Å². The van der Waals surface area contributed by atoms with Crippen molar-refractivity contribution in [2.24, 2.45) is 5.92 Å². The third-order valence-electron chi connectivity index (χ3n) is 2.91. The summed E-state index contributed by atoms with van der Waals surface area (Å²) < 4.78 is 2.29. The first-order chi connectivity index (χ1) is 6.77. The summed E-state index contributed by atoms with van der Waals surface area (Å²) in [6.07, 6.45) is 5.29. The van der Waals surface area contributed by atoms with Gasteiger partial charge in [0.25, 0.3) is 0 Å². The molecule has 0 saturated carbocycles. The molecule has 2 heterocycles. The molecule has 0 atom stereocenters. The van der Waals surface area contributed by atoms with E-state index in [0.717, 1.165) is 12.5 Å². The van der Waals surface area contributed by atoms with Crippen LogP contribution in [0.3, 0.4) is 0 Å². The van der Waals surface area contributed by atoms with E-state index in [1.165, 1.54) is 25.3 Å². The molecule has 0 unspecified atom stereocenters. The molecular formula is C11H19N3. The second-order valence-corrected chi connectivity index (χ2v) is 4.45. The molecule has 0 aliphatic carbocycles. The molecule has 78 valence electrons. The van der Waals surface area contributed by atoms with Gasteiger partial charge in [0, 0.05) is 24.9 Å². The number of nitrogens with zero attached hydrogens (tertiary/aromatic N) is 2. The Morgan fingerprint density at radius 2 is 2.36 bits per heavy atom. The van der Waals surface area contributed by atoms with Crippen molar-refractivity contribution < 1.29 is 0 Å². The Balaban J connectivity index is 1.90. The molecule has 1 aromatic heterocycles. The number of rotatable bonds is 4. The summed E-state index contributed by atoms with van der Waals surface area (Å²) >= 11 is 0. The van der Waals surface area contributed by atoms with E-state index in [2.05, 4.69) is 34.9 Å². The maximum absolute atomic E-state index is 4.38. The SMILES string of the molecule is CC(C)c1nccn1CCC1CNC1. The lowest BCUT2D eigenvalue weighted by Crippen LogP contribution is -2.42. The predicted molar refractivity (Wildman–Crippen MR) is 57.3 cm³/mol. The minimum absolute atomic E-state index is 0.532. The van der Waals surface area contributed by atoms with E-state index in [0.29, 0.717) is 5.92 Å². The number of hydrogen-bond acceptors (Lipinski definition) is 2. The smallest absolute Gasteiger partial charge is 0.111 e. The molecule has 0 spiro atoms. The summed E-state index contributed by atoms with van der Waals surface area (Å²) in [5.41, 5.74) is 0. The fraction of sp³-hybridized carbons (Fsp3) is 0.727. The summed E-state index contributed by atoms with van der Waals surface area (Å²) in [7, 11) is 0. The van der Waals surface area contributed by atoms with Gasteiger partial charge in [-0.1, -0.05) is 13.8 Å². The van der Waals surface area contributed by atoms with Gasteiger partial charge < -0.3 is 9.88 Å². The van der Waals surface area contributed by atoms with Gasteiger partial charge in [0.2, 0.25) is 0 Å². The highest BCUT2D eigenvalue weighted by molar-refractivity contribution is 4.97. The van der Waals surface area contributed by atoms with Crippen molar-refractivity contribution in [2.45, 2.75) is 32.7 Å². The van der Waals surface area contributed by atoms with E-state index in [1.807, 2.05) is 6.20 Å². The number of imidazole rings is 1. The summed E-state index contributed by atoms with van der Waals surface area (Å²) in [5.74, 6) is 2.64. The summed E-state index contributed by atoms with van der Waals surface area (Å²) in [6.45, 7) is 7.92. The normalized spacial score (nSPS) is 17.4. The predicted octanol–water partition coefficient (Wildman–Crippen LogP) is 1.62. The largest absolute Gasteiger partial charge is 0.335 e. The van der Waals surface area contributed by atoms with Crippen LogP contribution in [0.25, 0.3) is 0 Å². The Bertz CT molecular complexity index is 286. The van der Waals surface area contributed by atoms with Crippen LogP contribution in [0.15, 0.2) is 12.4 Å². The first-order valence-electron chi connectivity index (χ1n) is 5.49. The van der Waals surface area contributed by atoms with Crippen molar-refractivity contribution in [2.75, 3.05) is 13.1 Å². The molecule has 3 nitrogen and oxygen atoms in total. The van der Waals surface area contributed by atoms with E-state index >= 15 is 0 Å². The number of aryl methyl sites for hydroxylation is 1. The lowest BCUT2D eigenvalue weighted by Gasteiger charge is -2.27. The van der Waals surface area contributed by atoms with Crippen molar-refractivity contribution in [3.63, 3.8) is 0 Å². The minimum Gasteiger partial charge on any atom is -0.335 e. The zero-order valence-corrected chi connectivity index (χ0v) is 9.03. The number of nitrogens with one attached hydrogen (secondary N) is 1. The quantitative estimate of drug-likeness (QED) is 0.787. The van der Waals surface area contributed by atoms with E-state index in [4.69, 9.17) is 0 Å². The van der Waals surface area contributed by atoms with Crippen LogP contribution in [0.2, 0.25) is 0 Å². The molecule has 3 heteroatoms. The number of aromatic nitrogens is 2. The fourth-order valence-electron chi connectivity index (χ4n) is 1.88. The third kappa shape index (κ3) is 1.98. The van der Waals surface area contributed by atoms with Gasteiger partial charge in [-0.3, -0.25) is 0 Å². The van der Waals surface area contributed by atoms with Crippen LogP contribution in [0, 0.1) is 5.92 Å². The van der Waals surface area contributed by atoms with E-state index in [9.17, 15) is 0 Å². The molecule has 1 N–H and O–H groups in total. The Morgan fingerprint density at radius 1 is 1.57 bits per heavy atom. The molecule has 14 heavy (non-hydrogen) atoms. The molecular weight excluding hydrogens is 174 g/mol. The van der Waals surface area contributed by atoms with E-state index in [-0.39, 0.29) is 0 Å². The van der Waals surface area contributed by atoms with Crippen molar-refractivity contribution in [1.82, 2.24) is 14.9 Å². The molecule has 1 aliphatic rings. The van der Waals surface area contributed by atoms with Crippen LogP contribution < -0.4 is 5.32 Å². The second-order valence-electron chi connectivity index (χ2n) is 4.45. The highest BCUT2D eigenvalue weighted by atomic mass is 15.1. The van der Waals surface area contributed by atoms with Crippen LogP contribution in [-0.2, 0) is 6.54 Å². The fourth-order valence-corrected chi connectivity index (χ4v) is 1.88. The number of hydrogen-bond donors (Lipinski definition) is 1. The topological polar surface area (TPSA) is 29.9 Å². The first-order valence-corrected chi connectivity index (χ1v) is 5.49. The van der Waals surface area contributed by atoms with E-state index in [1.54, 1.807) is 0 Å². The minimum atomic E-state index is 0.532. The average molecular weight is 193 g/mol. The van der Waals surface area contributed by atoms with Gasteiger partial charge in [-0.25, -0.2) is 4.98 Å². The van der Waals surface area contributed by atoms with Gasteiger partial charge >= 0.3 is 0 Å². The third-order valence-corrected chi connectivity index (χ3v) is 2.91. The van der Waals surface area contributed by atoms with Crippen molar-refractivity contribution in [1.29, 1.82) is 0 Å². The summed E-state index contributed by atoms with van der Waals surface area (Å²) in [4.78, 5) is 4.38. The van der Waals surface area contributed by atoms with Gasteiger partial charge in [-0.05, 0) is 25.4 Å². The van der Waals surface area contributed by atoms with Gasteiger partial charge in [0.15, 0.2) is 0 Å². The van der Waals surface area contributed by atoms with Gasteiger partial charge in [0.05, 0.1) is 0 Å². The maximum atomic E-state index is 4.38. The van der Waals surface area contributed by atoms with Crippen molar-refractivity contribution >= 4 is 0 Å². The van der Waals surface area contributed by atoms with Crippen LogP contribution in [-0.4, -0.2) is 22.6 Å². The monoisotopic (exact) mass is 193 g/mol. The highest BCUT2D eigenvalue weighted by Crippen LogP contribution is 2.15. The van der Waals surface area contributed by atoms with Crippen LogP contribution in [0.5, 0.6) is 0 Å². The molecule has 0 amide bonds. The Hall–Kier alpha value is -0.830. The maximum Gasteiger partial charge on any atom is 0.111 e. The zero-order valence-electron chi connectivity index (χ0n) is 9.03. The standard InChI is InChI=1S/C11H19N3/c1-9(2)11-13-4-6-14(11)5-3-10-7-12-8-10/h4,6,9-10,12H,3,5,7-8H2,1-2H3. The van der Waals surface area contributed by atoms with Crippen LogP contribution in [0.1, 0.15) is 32.0 Å². The molecule has 1 aromatic rings. The first kappa shape index (κ1) is 9.71. The highest BCUT2D eigenvalue weighted by Gasteiger charge is 2.16. The molecule has 2 rings (SSSR count). The molecule has 1 aliphatic heterocycles. The van der Waals surface area contributed by atoms with E-state index < -0.39 is 0 Å². The average Bonchev–Trinajstić information content (AvgIpc) is 2.49. The summed E-state index contributed by atoms with van der Waals surface area (Å²) in [6, 6.07) is 0. The van der Waals surface area contributed by atoms with Gasteiger partial charge in [-0.2, -0.15) is 0 Å². The second kappa shape index (κ2) is 4.13. The van der Waals surface area contributed by atoms with Crippen LogP contribution >= 0.6 is 0 Å².